The second-order valence-electron chi connectivity index (χ2n) is 4.64. The standard InChI is InChI=1S/C11H12F2N4O2/c12-11(13)1-5(3-18)17-9(11)6-2-14-8-7(6)15-4-16-10(8)19/h2,4-5,9,14,17-18H,1,3H2,(H,15,16,19)/t5?,9-/m0/s1. The van der Waals surface area contributed by atoms with Crippen LogP contribution in [0.15, 0.2) is 17.3 Å². The smallest absolute Gasteiger partial charge is 0.275 e. The van der Waals surface area contributed by atoms with E-state index in [9.17, 15) is 13.6 Å². The number of hydrogen-bond acceptors (Lipinski definition) is 4. The zero-order chi connectivity index (χ0) is 13.6. The molecule has 2 aromatic heterocycles. The van der Waals surface area contributed by atoms with Crippen molar-refractivity contribution < 1.29 is 13.9 Å². The number of aliphatic hydroxyl groups excluding tert-OH is 1. The number of hydrogen-bond donors (Lipinski definition) is 4. The Morgan fingerprint density at radius 3 is 2.95 bits per heavy atom. The van der Waals surface area contributed by atoms with Crippen molar-refractivity contribution in [2.75, 3.05) is 6.61 Å². The molecule has 19 heavy (non-hydrogen) atoms. The van der Waals surface area contributed by atoms with E-state index in [1.54, 1.807) is 0 Å². The number of alkyl halides is 2. The molecule has 1 aliphatic rings. The van der Waals surface area contributed by atoms with Crippen LogP contribution in [0.2, 0.25) is 0 Å². The van der Waals surface area contributed by atoms with Crippen molar-refractivity contribution >= 4 is 11.0 Å². The predicted octanol–water partition coefficient (Wildman–Crippen LogP) is 0.282. The first-order chi connectivity index (χ1) is 9.03. The van der Waals surface area contributed by atoms with Crippen molar-refractivity contribution in [3.63, 3.8) is 0 Å². The Hall–Kier alpha value is -1.80. The molecule has 4 N–H and O–H groups in total. The van der Waals surface area contributed by atoms with Gasteiger partial charge >= 0.3 is 0 Å². The summed E-state index contributed by atoms with van der Waals surface area (Å²) < 4.78 is 27.9. The minimum absolute atomic E-state index is 0.169. The average Bonchev–Trinajstić information content (AvgIpc) is 2.90. The van der Waals surface area contributed by atoms with Gasteiger partial charge in [-0.15, -0.1) is 0 Å². The Morgan fingerprint density at radius 2 is 2.26 bits per heavy atom. The first kappa shape index (κ1) is 12.2. The van der Waals surface area contributed by atoms with Crippen LogP contribution in [0.5, 0.6) is 0 Å². The number of aromatic nitrogens is 3. The minimum atomic E-state index is -2.99. The van der Waals surface area contributed by atoms with Gasteiger partial charge in [-0.3, -0.25) is 10.1 Å². The second kappa shape index (κ2) is 4.10. The highest BCUT2D eigenvalue weighted by Gasteiger charge is 2.50. The number of nitrogens with zero attached hydrogens (tertiary/aromatic N) is 1. The number of halogens is 2. The summed E-state index contributed by atoms with van der Waals surface area (Å²) in [6.07, 6.45) is 2.10. The highest BCUT2D eigenvalue weighted by Crippen LogP contribution is 2.42. The van der Waals surface area contributed by atoms with Crippen LogP contribution < -0.4 is 10.9 Å². The molecule has 0 spiro atoms. The molecule has 3 heterocycles. The van der Waals surface area contributed by atoms with Gasteiger partial charge in [-0.05, 0) is 0 Å². The molecule has 2 aromatic rings. The van der Waals surface area contributed by atoms with Gasteiger partial charge in [-0.25, -0.2) is 13.8 Å². The van der Waals surface area contributed by atoms with Crippen molar-refractivity contribution in [3.05, 3.63) is 28.4 Å². The maximum Gasteiger partial charge on any atom is 0.275 e. The third-order valence-corrected chi connectivity index (χ3v) is 3.37. The van der Waals surface area contributed by atoms with Crippen LogP contribution in [-0.2, 0) is 0 Å². The maximum absolute atomic E-state index is 13.9. The molecule has 3 rings (SSSR count). The van der Waals surface area contributed by atoms with Crippen molar-refractivity contribution in [3.8, 4) is 0 Å². The van der Waals surface area contributed by atoms with Gasteiger partial charge in [0.1, 0.15) is 17.1 Å². The molecule has 0 aliphatic carbocycles. The molecule has 0 aromatic carbocycles. The quantitative estimate of drug-likeness (QED) is 0.630. The summed E-state index contributed by atoms with van der Waals surface area (Å²) >= 11 is 0. The molecular formula is C11H12F2N4O2. The lowest BCUT2D eigenvalue weighted by molar-refractivity contribution is -0.0135. The minimum Gasteiger partial charge on any atom is -0.395 e. The zero-order valence-corrected chi connectivity index (χ0v) is 9.78. The molecule has 0 saturated carbocycles. The lowest BCUT2D eigenvalue weighted by atomic mass is 10.0. The van der Waals surface area contributed by atoms with Gasteiger partial charge in [0, 0.05) is 24.2 Å². The Balaban J connectivity index is 2.10. The molecule has 1 aliphatic heterocycles. The van der Waals surface area contributed by atoms with Crippen molar-refractivity contribution in [2.45, 2.75) is 24.4 Å². The summed E-state index contributed by atoms with van der Waals surface area (Å²) in [5.74, 6) is -2.99. The number of aromatic amines is 2. The van der Waals surface area contributed by atoms with Crippen molar-refractivity contribution in [2.24, 2.45) is 0 Å². The van der Waals surface area contributed by atoms with E-state index in [1.165, 1.54) is 12.5 Å². The molecule has 0 bridgehead atoms. The van der Waals surface area contributed by atoms with Gasteiger partial charge in [0.2, 0.25) is 0 Å². The fourth-order valence-electron chi connectivity index (χ4n) is 2.49. The van der Waals surface area contributed by atoms with Crippen LogP contribution in [0.1, 0.15) is 18.0 Å². The van der Waals surface area contributed by atoms with Gasteiger partial charge in [0.15, 0.2) is 0 Å². The van der Waals surface area contributed by atoms with Crippen molar-refractivity contribution in [1.82, 2.24) is 20.3 Å². The third-order valence-electron chi connectivity index (χ3n) is 3.37. The molecule has 2 atom stereocenters. The lowest BCUT2D eigenvalue weighted by Gasteiger charge is -2.17. The van der Waals surface area contributed by atoms with Gasteiger partial charge in [-0.2, -0.15) is 0 Å². The molecule has 0 amide bonds. The first-order valence-corrected chi connectivity index (χ1v) is 5.82. The van der Waals surface area contributed by atoms with Gasteiger partial charge < -0.3 is 15.1 Å². The first-order valence-electron chi connectivity index (χ1n) is 5.82. The number of rotatable bonds is 2. The van der Waals surface area contributed by atoms with E-state index in [2.05, 4.69) is 20.3 Å². The van der Waals surface area contributed by atoms with E-state index >= 15 is 0 Å². The highest BCUT2D eigenvalue weighted by atomic mass is 19.3. The summed E-state index contributed by atoms with van der Waals surface area (Å²) in [7, 11) is 0. The van der Waals surface area contributed by atoms with Crippen LogP contribution in [0.4, 0.5) is 8.78 Å². The van der Waals surface area contributed by atoms with E-state index in [1.807, 2.05) is 0 Å². The van der Waals surface area contributed by atoms with Crippen LogP contribution >= 0.6 is 0 Å². The Kier molecular flexibility index (Phi) is 2.64. The van der Waals surface area contributed by atoms with Crippen LogP contribution in [0, 0.1) is 0 Å². The van der Waals surface area contributed by atoms with Crippen LogP contribution in [0.25, 0.3) is 11.0 Å². The van der Waals surface area contributed by atoms with Gasteiger partial charge in [0.05, 0.1) is 12.9 Å². The molecule has 6 nitrogen and oxygen atoms in total. The Morgan fingerprint density at radius 1 is 1.47 bits per heavy atom. The van der Waals surface area contributed by atoms with E-state index in [-0.39, 0.29) is 23.2 Å². The topological polar surface area (TPSA) is 93.8 Å². The SMILES string of the molecule is O=c1[nH]cnc2c([C@@H]3NC(CO)CC3(F)F)c[nH]c12. The summed E-state index contributed by atoms with van der Waals surface area (Å²) in [5, 5.41) is 11.7. The summed E-state index contributed by atoms with van der Waals surface area (Å²) in [6, 6.07) is -1.92. The predicted molar refractivity (Wildman–Crippen MR) is 63.0 cm³/mol. The Bertz CT molecular complexity index is 666. The average molecular weight is 270 g/mol. The number of aliphatic hydroxyl groups is 1. The molecule has 1 saturated heterocycles. The van der Waals surface area contributed by atoms with Crippen LogP contribution in [0.3, 0.4) is 0 Å². The van der Waals surface area contributed by atoms with Gasteiger partial charge in [-0.1, -0.05) is 0 Å². The molecule has 1 unspecified atom stereocenters. The maximum atomic E-state index is 13.9. The number of fused-ring (bicyclic) bond motifs is 1. The molecular weight excluding hydrogens is 258 g/mol. The van der Waals surface area contributed by atoms with E-state index in [0.717, 1.165) is 0 Å². The largest absolute Gasteiger partial charge is 0.395 e. The number of nitrogens with one attached hydrogen (secondary N) is 3. The highest BCUT2D eigenvalue weighted by molar-refractivity contribution is 5.78. The van der Waals surface area contributed by atoms with Gasteiger partial charge in [0.25, 0.3) is 11.5 Å². The van der Waals surface area contributed by atoms with Crippen LogP contribution in [-0.4, -0.2) is 38.6 Å². The van der Waals surface area contributed by atoms with E-state index in [4.69, 9.17) is 5.11 Å². The fraction of sp³-hybridized carbons (Fsp3) is 0.455. The molecule has 102 valence electrons. The molecule has 0 radical (unpaired) electrons. The molecule has 8 heteroatoms. The van der Waals surface area contributed by atoms with Crippen molar-refractivity contribution in [1.29, 1.82) is 0 Å². The normalized spacial score (nSPS) is 26.1. The second-order valence-corrected chi connectivity index (χ2v) is 4.64. The van der Waals surface area contributed by atoms with E-state index in [0.29, 0.717) is 0 Å². The summed E-state index contributed by atoms with van der Waals surface area (Å²) in [5.41, 5.74) is 0.223. The monoisotopic (exact) mass is 270 g/mol. The lowest BCUT2D eigenvalue weighted by Crippen LogP contribution is -2.29. The third kappa shape index (κ3) is 1.83. The summed E-state index contributed by atoms with van der Waals surface area (Å²) in [4.78, 5) is 20.5. The summed E-state index contributed by atoms with van der Waals surface area (Å²) in [6.45, 7) is -0.359. The molecule has 1 fully saturated rings. The fourth-order valence-corrected chi connectivity index (χ4v) is 2.49. The Labute approximate surface area is 105 Å². The number of H-pyrrole nitrogens is 2. The zero-order valence-electron chi connectivity index (χ0n) is 9.78. The van der Waals surface area contributed by atoms with E-state index < -0.39 is 30.0 Å².